The van der Waals surface area contributed by atoms with E-state index in [1.165, 1.54) is 19.3 Å². The van der Waals surface area contributed by atoms with Gasteiger partial charge < -0.3 is 10.1 Å². The van der Waals surface area contributed by atoms with Crippen molar-refractivity contribution in [2.24, 2.45) is 0 Å². The maximum absolute atomic E-state index is 11.8. The number of carbonyl (C=O) groups is 1. The average Bonchev–Trinajstić information content (AvgIpc) is 2.36. The molecule has 1 aliphatic rings. The van der Waals surface area contributed by atoms with Gasteiger partial charge in [-0.25, -0.2) is 0 Å². The van der Waals surface area contributed by atoms with Crippen molar-refractivity contribution in [1.82, 2.24) is 10.2 Å². The van der Waals surface area contributed by atoms with Crippen molar-refractivity contribution in [3.05, 3.63) is 0 Å². The van der Waals surface area contributed by atoms with Gasteiger partial charge in [0.15, 0.2) is 0 Å². The van der Waals surface area contributed by atoms with E-state index in [4.69, 9.17) is 4.74 Å². The van der Waals surface area contributed by atoms with Gasteiger partial charge in [0, 0.05) is 18.6 Å². The van der Waals surface area contributed by atoms with Gasteiger partial charge in [-0.15, -0.1) is 0 Å². The van der Waals surface area contributed by atoms with Crippen LogP contribution in [0.5, 0.6) is 0 Å². The summed E-state index contributed by atoms with van der Waals surface area (Å²) in [5, 5.41) is 3.48. The van der Waals surface area contributed by atoms with Crippen molar-refractivity contribution < 1.29 is 9.53 Å². The fourth-order valence-electron chi connectivity index (χ4n) is 2.52. The number of nitrogens with one attached hydrogen (secondary N) is 1. The molecule has 0 saturated carbocycles. The lowest BCUT2D eigenvalue weighted by atomic mass is 9.99. The third-order valence-corrected chi connectivity index (χ3v) is 3.56. The van der Waals surface area contributed by atoms with Gasteiger partial charge in [0.2, 0.25) is 0 Å². The second kappa shape index (κ2) is 7.74. The molecule has 4 nitrogen and oxygen atoms in total. The van der Waals surface area contributed by atoms with Crippen LogP contribution in [-0.4, -0.2) is 48.7 Å². The Bertz CT molecular complexity index is 256. The summed E-state index contributed by atoms with van der Waals surface area (Å²) >= 11 is 0. The van der Waals surface area contributed by atoms with Crippen LogP contribution in [-0.2, 0) is 9.53 Å². The van der Waals surface area contributed by atoms with Crippen molar-refractivity contribution in [3.8, 4) is 0 Å². The molecule has 1 heterocycles. The predicted molar refractivity (Wildman–Crippen MR) is 73.6 cm³/mol. The number of rotatable bonds is 6. The monoisotopic (exact) mass is 256 g/mol. The molecule has 18 heavy (non-hydrogen) atoms. The molecule has 0 aromatic carbocycles. The SMILES string of the molecule is CCOC(=O)C(C)N1CCCCC1CNC(C)C. The topological polar surface area (TPSA) is 41.6 Å². The molecule has 2 unspecified atom stereocenters. The Morgan fingerprint density at radius 2 is 2.11 bits per heavy atom. The van der Waals surface area contributed by atoms with E-state index in [1.54, 1.807) is 0 Å². The first-order chi connectivity index (χ1) is 8.56. The van der Waals surface area contributed by atoms with E-state index in [1.807, 2.05) is 13.8 Å². The molecule has 106 valence electrons. The first-order valence-electron chi connectivity index (χ1n) is 7.22. The van der Waals surface area contributed by atoms with E-state index in [0.29, 0.717) is 18.7 Å². The first kappa shape index (κ1) is 15.4. The van der Waals surface area contributed by atoms with E-state index in [9.17, 15) is 4.79 Å². The molecule has 2 atom stereocenters. The number of piperidine rings is 1. The second-order valence-electron chi connectivity index (χ2n) is 5.38. The van der Waals surface area contributed by atoms with Crippen LogP contribution in [0.3, 0.4) is 0 Å². The van der Waals surface area contributed by atoms with Crippen molar-refractivity contribution in [2.75, 3.05) is 19.7 Å². The third-order valence-electron chi connectivity index (χ3n) is 3.56. The van der Waals surface area contributed by atoms with Gasteiger partial charge in [0.25, 0.3) is 0 Å². The van der Waals surface area contributed by atoms with Gasteiger partial charge >= 0.3 is 5.97 Å². The summed E-state index contributed by atoms with van der Waals surface area (Å²) in [6.07, 6.45) is 3.61. The van der Waals surface area contributed by atoms with Crippen LogP contribution < -0.4 is 5.32 Å². The van der Waals surface area contributed by atoms with Gasteiger partial charge in [-0.05, 0) is 33.2 Å². The number of nitrogens with zero attached hydrogens (tertiary/aromatic N) is 1. The van der Waals surface area contributed by atoms with Crippen molar-refractivity contribution >= 4 is 5.97 Å². The summed E-state index contributed by atoms with van der Waals surface area (Å²) in [6.45, 7) is 10.6. The normalized spacial score (nSPS) is 23.1. The molecular formula is C14H28N2O2. The zero-order chi connectivity index (χ0) is 13.5. The zero-order valence-corrected chi connectivity index (χ0v) is 12.2. The van der Waals surface area contributed by atoms with Crippen LogP contribution in [0.25, 0.3) is 0 Å². The summed E-state index contributed by atoms with van der Waals surface area (Å²) in [6, 6.07) is 0.830. The Morgan fingerprint density at radius 1 is 1.39 bits per heavy atom. The summed E-state index contributed by atoms with van der Waals surface area (Å²) in [5.41, 5.74) is 0. The Balaban J connectivity index is 2.55. The van der Waals surface area contributed by atoms with E-state index in [2.05, 4.69) is 24.1 Å². The number of hydrogen-bond donors (Lipinski definition) is 1. The van der Waals surface area contributed by atoms with Crippen LogP contribution in [0.4, 0.5) is 0 Å². The molecule has 0 bridgehead atoms. The largest absolute Gasteiger partial charge is 0.465 e. The van der Waals surface area contributed by atoms with Gasteiger partial charge in [0.1, 0.15) is 6.04 Å². The van der Waals surface area contributed by atoms with Crippen molar-refractivity contribution in [3.63, 3.8) is 0 Å². The molecule has 1 fully saturated rings. The maximum Gasteiger partial charge on any atom is 0.323 e. The van der Waals surface area contributed by atoms with E-state index >= 15 is 0 Å². The molecule has 0 aromatic heterocycles. The molecule has 0 amide bonds. The Kier molecular flexibility index (Phi) is 6.65. The molecule has 1 aliphatic heterocycles. The lowest BCUT2D eigenvalue weighted by Gasteiger charge is -2.39. The minimum absolute atomic E-state index is 0.0889. The molecule has 1 rings (SSSR count). The molecule has 1 N–H and O–H groups in total. The summed E-state index contributed by atoms with van der Waals surface area (Å²) in [4.78, 5) is 14.1. The lowest BCUT2D eigenvalue weighted by molar-refractivity contribution is -0.150. The highest BCUT2D eigenvalue weighted by atomic mass is 16.5. The minimum atomic E-state index is -0.121. The first-order valence-corrected chi connectivity index (χ1v) is 7.22. The maximum atomic E-state index is 11.8. The summed E-state index contributed by atoms with van der Waals surface area (Å²) in [7, 11) is 0. The zero-order valence-electron chi connectivity index (χ0n) is 12.2. The second-order valence-corrected chi connectivity index (χ2v) is 5.38. The van der Waals surface area contributed by atoms with Crippen LogP contribution in [0.2, 0.25) is 0 Å². The number of carbonyl (C=O) groups excluding carboxylic acids is 1. The van der Waals surface area contributed by atoms with E-state index in [0.717, 1.165) is 13.1 Å². The summed E-state index contributed by atoms with van der Waals surface area (Å²) < 4.78 is 5.13. The van der Waals surface area contributed by atoms with Gasteiger partial charge in [-0.2, -0.15) is 0 Å². The van der Waals surface area contributed by atoms with Gasteiger partial charge in [0.05, 0.1) is 6.61 Å². The fourth-order valence-corrected chi connectivity index (χ4v) is 2.52. The number of esters is 1. The molecular weight excluding hydrogens is 228 g/mol. The molecule has 0 aromatic rings. The Labute approximate surface area is 111 Å². The molecule has 0 aliphatic carbocycles. The molecule has 0 radical (unpaired) electrons. The van der Waals surface area contributed by atoms with E-state index < -0.39 is 0 Å². The van der Waals surface area contributed by atoms with Crippen LogP contribution >= 0.6 is 0 Å². The minimum Gasteiger partial charge on any atom is -0.465 e. The molecule has 1 saturated heterocycles. The summed E-state index contributed by atoms with van der Waals surface area (Å²) in [5.74, 6) is -0.0889. The number of ether oxygens (including phenoxy) is 1. The quantitative estimate of drug-likeness (QED) is 0.736. The van der Waals surface area contributed by atoms with Crippen molar-refractivity contribution in [1.29, 1.82) is 0 Å². The Hall–Kier alpha value is -0.610. The van der Waals surface area contributed by atoms with Gasteiger partial charge in [-0.3, -0.25) is 9.69 Å². The Morgan fingerprint density at radius 3 is 2.72 bits per heavy atom. The standard InChI is InChI=1S/C14H28N2O2/c1-5-18-14(17)12(4)16-9-7-6-8-13(16)10-15-11(2)3/h11-13,15H,5-10H2,1-4H3. The number of hydrogen-bond acceptors (Lipinski definition) is 4. The van der Waals surface area contributed by atoms with Crippen LogP contribution in [0.1, 0.15) is 47.0 Å². The fraction of sp³-hybridized carbons (Fsp3) is 0.929. The lowest BCUT2D eigenvalue weighted by Crippen LogP contribution is -2.53. The predicted octanol–water partition coefficient (Wildman–Crippen LogP) is 1.79. The average molecular weight is 256 g/mol. The highest BCUT2D eigenvalue weighted by Gasteiger charge is 2.30. The van der Waals surface area contributed by atoms with Crippen LogP contribution in [0.15, 0.2) is 0 Å². The smallest absolute Gasteiger partial charge is 0.323 e. The molecule has 0 spiro atoms. The van der Waals surface area contributed by atoms with Crippen molar-refractivity contribution in [2.45, 2.75) is 65.1 Å². The van der Waals surface area contributed by atoms with Crippen LogP contribution in [0, 0.1) is 0 Å². The number of likely N-dealkylation sites (tertiary alicyclic amines) is 1. The third kappa shape index (κ3) is 4.58. The van der Waals surface area contributed by atoms with Gasteiger partial charge in [-0.1, -0.05) is 20.3 Å². The van der Waals surface area contributed by atoms with E-state index in [-0.39, 0.29) is 12.0 Å². The molecule has 4 heteroatoms. The highest BCUT2D eigenvalue weighted by Crippen LogP contribution is 2.20. The highest BCUT2D eigenvalue weighted by molar-refractivity contribution is 5.75.